The highest BCUT2D eigenvalue weighted by Gasteiger charge is 2.48. The van der Waals surface area contributed by atoms with Gasteiger partial charge in [-0.1, -0.05) is 88.8 Å². The summed E-state index contributed by atoms with van der Waals surface area (Å²) < 4.78 is 0.677. The Labute approximate surface area is 216 Å². The van der Waals surface area contributed by atoms with Crippen LogP contribution in [-0.4, -0.2) is 32.0 Å². The number of benzene rings is 2. The average Bonchev–Trinajstić information content (AvgIpc) is 3.46. The number of amides is 1. The van der Waals surface area contributed by atoms with E-state index in [1.807, 2.05) is 26.0 Å². The third-order valence-electron chi connectivity index (χ3n) is 5.85. The first-order chi connectivity index (χ1) is 17.4. The Morgan fingerprint density at radius 2 is 1.69 bits per heavy atom. The highest BCUT2D eigenvalue weighted by Crippen LogP contribution is 2.43. The van der Waals surface area contributed by atoms with Crippen molar-refractivity contribution in [1.82, 2.24) is 15.2 Å². The van der Waals surface area contributed by atoms with Crippen molar-refractivity contribution < 1.29 is 14.7 Å². The van der Waals surface area contributed by atoms with Crippen LogP contribution in [0.4, 0.5) is 5.13 Å². The number of aliphatic hydroxyl groups is 1. The molecule has 4 aromatic rings. The third kappa shape index (κ3) is 4.67. The van der Waals surface area contributed by atoms with Gasteiger partial charge in [-0.3, -0.25) is 19.5 Å². The summed E-state index contributed by atoms with van der Waals surface area (Å²) in [5.41, 5.74) is 4.41. The van der Waals surface area contributed by atoms with Gasteiger partial charge in [0.1, 0.15) is 5.76 Å². The minimum atomic E-state index is -0.872. The van der Waals surface area contributed by atoms with Gasteiger partial charge >= 0.3 is 5.91 Å². The Kier molecular flexibility index (Phi) is 6.67. The lowest BCUT2D eigenvalue weighted by Crippen LogP contribution is -2.29. The van der Waals surface area contributed by atoms with E-state index in [9.17, 15) is 14.7 Å². The summed E-state index contributed by atoms with van der Waals surface area (Å²) in [5.74, 6) is -1.06. The van der Waals surface area contributed by atoms with Gasteiger partial charge in [0, 0.05) is 23.7 Å². The molecule has 1 amide bonds. The van der Waals surface area contributed by atoms with Crippen LogP contribution in [0.2, 0.25) is 0 Å². The van der Waals surface area contributed by atoms with Gasteiger partial charge in [0.25, 0.3) is 5.78 Å². The fraction of sp³-hybridized carbons (Fsp3) is 0.148. The molecule has 0 aliphatic carbocycles. The summed E-state index contributed by atoms with van der Waals surface area (Å²) in [6.07, 6.45) is 3.19. The molecule has 9 heteroatoms. The number of carbonyl (C=O) groups is 2. The van der Waals surface area contributed by atoms with E-state index in [1.165, 1.54) is 33.6 Å². The Bertz CT molecular complexity index is 1450. The number of aromatic nitrogens is 3. The monoisotopic (exact) mass is 514 g/mol. The highest BCUT2D eigenvalue weighted by atomic mass is 32.2. The van der Waals surface area contributed by atoms with E-state index in [2.05, 4.69) is 39.4 Å². The summed E-state index contributed by atoms with van der Waals surface area (Å²) in [4.78, 5) is 32.0. The molecule has 180 valence electrons. The largest absolute Gasteiger partial charge is 0.507 e. The molecule has 1 atom stereocenters. The molecule has 1 N–H and O–H groups in total. The van der Waals surface area contributed by atoms with Gasteiger partial charge in [0.05, 0.1) is 11.6 Å². The van der Waals surface area contributed by atoms with Crippen molar-refractivity contribution in [2.24, 2.45) is 0 Å². The number of rotatable bonds is 6. The van der Waals surface area contributed by atoms with E-state index < -0.39 is 17.7 Å². The smallest absolute Gasteiger partial charge is 0.301 e. The number of carbonyl (C=O) groups excluding carboxylic acids is 2. The van der Waals surface area contributed by atoms with E-state index >= 15 is 0 Å². The van der Waals surface area contributed by atoms with Gasteiger partial charge in [0.15, 0.2) is 4.34 Å². The molecule has 1 fully saturated rings. The molecule has 36 heavy (non-hydrogen) atoms. The molecule has 1 unspecified atom stereocenters. The number of hydrogen-bond acceptors (Lipinski definition) is 8. The van der Waals surface area contributed by atoms with E-state index in [0.29, 0.717) is 26.4 Å². The maximum absolute atomic E-state index is 13.3. The molecule has 0 saturated carbocycles. The van der Waals surface area contributed by atoms with Crippen molar-refractivity contribution in [3.8, 4) is 0 Å². The van der Waals surface area contributed by atoms with Crippen LogP contribution >= 0.6 is 23.1 Å². The van der Waals surface area contributed by atoms with E-state index in [-0.39, 0.29) is 11.3 Å². The second-order valence-corrected chi connectivity index (χ2v) is 10.6. The number of aliphatic hydroxyl groups excluding tert-OH is 1. The van der Waals surface area contributed by atoms with Gasteiger partial charge in [-0.2, -0.15) is 0 Å². The summed E-state index contributed by atoms with van der Waals surface area (Å²) >= 11 is 2.75. The Hall–Kier alpha value is -3.82. The second-order valence-electron chi connectivity index (χ2n) is 8.45. The van der Waals surface area contributed by atoms with Crippen LogP contribution in [0.5, 0.6) is 0 Å². The molecule has 1 aliphatic rings. The maximum Gasteiger partial charge on any atom is 0.301 e. The number of Topliss-reactive ketones (excluding diaryl/α,β-unsaturated/α-hetero) is 1. The third-order valence-corrected chi connectivity index (χ3v) is 7.98. The Morgan fingerprint density at radius 1 is 1.00 bits per heavy atom. The molecule has 0 bridgehead atoms. The van der Waals surface area contributed by atoms with Crippen LogP contribution in [0, 0.1) is 13.8 Å². The molecule has 2 aromatic heterocycles. The van der Waals surface area contributed by atoms with Crippen molar-refractivity contribution >= 4 is 45.7 Å². The number of aryl methyl sites for hydroxylation is 2. The van der Waals surface area contributed by atoms with Crippen molar-refractivity contribution in [2.45, 2.75) is 30.0 Å². The van der Waals surface area contributed by atoms with Crippen LogP contribution in [0.15, 0.2) is 83.0 Å². The van der Waals surface area contributed by atoms with Crippen LogP contribution in [-0.2, 0) is 15.3 Å². The molecular formula is C27H22N4O3S2. The van der Waals surface area contributed by atoms with Crippen molar-refractivity contribution in [1.29, 1.82) is 0 Å². The summed E-state index contributed by atoms with van der Waals surface area (Å²) in [6.45, 7) is 3.97. The topological polar surface area (TPSA) is 96.3 Å². The lowest BCUT2D eigenvalue weighted by atomic mass is 9.96. The number of anilines is 1. The zero-order valence-corrected chi connectivity index (χ0v) is 21.2. The fourth-order valence-electron chi connectivity index (χ4n) is 3.94. The zero-order chi connectivity index (χ0) is 25.2. The zero-order valence-electron chi connectivity index (χ0n) is 19.6. The Balaban J connectivity index is 1.51. The van der Waals surface area contributed by atoms with Crippen molar-refractivity contribution in [3.63, 3.8) is 0 Å². The first-order valence-electron chi connectivity index (χ1n) is 11.2. The normalized spacial score (nSPS) is 17.1. The first kappa shape index (κ1) is 23.9. The van der Waals surface area contributed by atoms with Crippen LogP contribution in [0.1, 0.15) is 33.9 Å². The van der Waals surface area contributed by atoms with E-state index in [0.717, 1.165) is 11.1 Å². The molecule has 1 aliphatic heterocycles. The van der Waals surface area contributed by atoms with E-state index in [4.69, 9.17) is 0 Å². The second kappa shape index (κ2) is 10.0. The summed E-state index contributed by atoms with van der Waals surface area (Å²) in [5, 5.41) is 19.9. The number of pyridine rings is 1. The van der Waals surface area contributed by atoms with Gasteiger partial charge in [-0.15, -0.1) is 10.2 Å². The van der Waals surface area contributed by atoms with Crippen LogP contribution in [0.25, 0.3) is 5.76 Å². The molecule has 7 nitrogen and oxygen atoms in total. The molecule has 0 spiro atoms. The molecule has 5 rings (SSSR count). The van der Waals surface area contributed by atoms with Crippen molar-refractivity contribution in [2.75, 3.05) is 4.90 Å². The van der Waals surface area contributed by atoms with E-state index in [1.54, 1.807) is 36.7 Å². The quantitative estimate of drug-likeness (QED) is 0.120. The molecular weight excluding hydrogens is 492 g/mol. The molecule has 0 radical (unpaired) electrons. The summed E-state index contributed by atoms with van der Waals surface area (Å²) in [7, 11) is 0. The lowest BCUT2D eigenvalue weighted by molar-refractivity contribution is -0.132. The molecule has 3 heterocycles. The Morgan fingerprint density at radius 3 is 2.36 bits per heavy atom. The van der Waals surface area contributed by atoms with Gasteiger partial charge < -0.3 is 5.11 Å². The predicted molar refractivity (Wildman–Crippen MR) is 141 cm³/mol. The standard InChI is InChI=1S/C27H22N4O3S2/c1-16-5-9-18(10-6-16)15-35-27-30-29-26(36-27)31-22(20-4-3-13-28-14-20)21(24(33)25(31)34)23(32)19-11-7-17(2)8-12-19/h3-14,22,32H,15H2,1-2H3. The van der Waals surface area contributed by atoms with Crippen LogP contribution < -0.4 is 4.90 Å². The summed E-state index contributed by atoms with van der Waals surface area (Å²) in [6, 6.07) is 18.0. The number of nitrogens with zero attached hydrogens (tertiary/aromatic N) is 4. The number of ketones is 1. The minimum absolute atomic E-state index is 0.000844. The number of thioether (sulfide) groups is 1. The van der Waals surface area contributed by atoms with Crippen molar-refractivity contribution in [3.05, 3.63) is 106 Å². The molecule has 2 aromatic carbocycles. The van der Waals surface area contributed by atoms with Crippen LogP contribution in [0.3, 0.4) is 0 Å². The minimum Gasteiger partial charge on any atom is -0.507 e. The SMILES string of the molecule is Cc1ccc(CSc2nnc(N3C(=O)C(=O)C(=C(O)c4ccc(C)cc4)C3c3cccnc3)s2)cc1. The lowest BCUT2D eigenvalue weighted by Gasteiger charge is -2.22. The van der Waals surface area contributed by atoms with Gasteiger partial charge in [0.2, 0.25) is 5.13 Å². The highest BCUT2D eigenvalue weighted by molar-refractivity contribution is 8.00. The average molecular weight is 515 g/mol. The first-order valence-corrected chi connectivity index (χ1v) is 13.0. The van der Waals surface area contributed by atoms with Gasteiger partial charge in [-0.05, 0) is 31.0 Å². The predicted octanol–water partition coefficient (Wildman–Crippen LogP) is 5.47. The fourth-order valence-corrected chi connectivity index (χ4v) is 5.76. The maximum atomic E-state index is 13.3. The molecule has 1 saturated heterocycles. The van der Waals surface area contributed by atoms with Gasteiger partial charge in [-0.25, -0.2) is 0 Å². The number of hydrogen-bond donors (Lipinski definition) is 1.